The number of unbranched alkanes of at least 4 members (excludes halogenated alkanes) is 1. The first-order valence-electron chi connectivity index (χ1n) is 8.84. The molecule has 0 unspecified atom stereocenters. The van der Waals surface area contributed by atoms with E-state index in [1.807, 2.05) is 13.8 Å². The minimum absolute atomic E-state index is 0.0321. The Morgan fingerprint density at radius 2 is 1.96 bits per heavy atom. The third-order valence-corrected chi connectivity index (χ3v) is 4.52. The average Bonchev–Trinajstić information content (AvgIpc) is 2.56. The highest BCUT2D eigenvalue weighted by Gasteiger charge is 2.27. The molecule has 0 spiro atoms. The molecular weight excluding hydrogens is 290 g/mol. The fourth-order valence-corrected chi connectivity index (χ4v) is 2.79. The van der Waals surface area contributed by atoms with Gasteiger partial charge in [0.15, 0.2) is 5.96 Å². The minimum Gasteiger partial charge on any atom is -0.359 e. The van der Waals surface area contributed by atoms with Gasteiger partial charge in [-0.3, -0.25) is 9.79 Å². The van der Waals surface area contributed by atoms with Crippen LogP contribution in [0.4, 0.5) is 0 Å². The Kier molecular flexibility index (Phi) is 8.37. The molecule has 0 aromatic carbocycles. The Labute approximate surface area is 141 Å². The van der Waals surface area contributed by atoms with Crippen molar-refractivity contribution in [1.82, 2.24) is 20.9 Å². The van der Waals surface area contributed by atoms with Crippen LogP contribution in [0.15, 0.2) is 4.99 Å². The lowest BCUT2D eigenvalue weighted by Gasteiger charge is -2.33. The van der Waals surface area contributed by atoms with E-state index in [0.717, 1.165) is 31.9 Å². The number of nitrogens with one attached hydrogen (secondary N) is 3. The van der Waals surface area contributed by atoms with Gasteiger partial charge in [-0.2, -0.15) is 0 Å². The van der Waals surface area contributed by atoms with Crippen molar-refractivity contribution in [3.63, 3.8) is 0 Å². The van der Waals surface area contributed by atoms with Crippen LogP contribution in [0.5, 0.6) is 0 Å². The highest BCUT2D eigenvalue weighted by molar-refractivity contribution is 5.84. The van der Waals surface area contributed by atoms with E-state index in [9.17, 15) is 4.79 Å². The normalized spacial score (nSPS) is 17.9. The van der Waals surface area contributed by atoms with Crippen molar-refractivity contribution in [2.24, 2.45) is 10.4 Å². The monoisotopic (exact) mass is 325 g/mol. The summed E-state index contributed by atoms with van der Waals surface area (Å²) in [5, 5.41) is 9.48. The third-order valence-electron chi connectivity index (χ3n) is 4.52. The minimum atomic E-state index is -0.462. The number of hydrogen-bond donors (Lipinski definition) is 3. The molecule has 23 heavy (non-hydrogen) atoms. The molecule has 0 aliphatic carbocycles. The van der Waals surface area contributed by atoms with Crippen molar-refractivity contribution >= 4 is 11.9 Å². The van der Waals surface area contributed by atoms with Crippen LogP contribution in [-0.2, 0) is 4.79 Å². The van der Waals surface area contributed by atoms with Gasteiger partial charge in [-0.15, -0.1) is 0 Å². The summed E-state index contributed by atoms with van der Waals surface area (Å²) < 4.78 is 0. The Hall–Kier alpha value is -1.30. The maximum atomic E-state index is 11.8. The van der Waals surface area contributed by atoms with Crippen LogP contribution in [0.25, 0.3) is 0 Å². The van der Waals surface area contributed by atoms with E-state index < -0.39 is 5.41 Å². The first-order chi connectivity index (χ1) is 10.9. The lowest BCUT2D eigenvalue weighted by Crippen LogP contribution is -2.51. The zero-order chi connectivity index (χ0) is 17.3. The van der Waals surface area contributed by atoms with Gasteiger partial charge in [-0.25, -0.2) is 0 Å². The van der Waals surface area contributed by atoms with Crippen molar-refractivity contribution in [2.45, 2.75) is 52.5 Å². The maximum absolute atomic E-state index is 11.8. The fourth-order valence-electron chi connectivity index (χ4n) is 2.79. The highest BCUT2D eigenvalue weighted by Crippen LogP contribution is 2.14. The Balaban J connectivity index is 2.36. The molecule has 6 heteroatoms. The van der Waals surface area contributed by atoms with Gasteiger partial charge in [0.2, 0.25) is 5.91 Å². The number of piperidine rings is 1. The van der Waals surface area contributed by atoms with Crippen LogP contribution in [0, 0.1) is 5.41 Å². The summed E-state index contributed by atoms with van der Waals surface area (Å²) in [5.74, 6) is 0.818. The molecule has 1 aliphatic heterocycles. The molecule has 6 nitrogen and oxygen atoms in total. The number of aliphatic imine (C=N–C) groups is 1. The van der Waals surface area contributed by atoms with Crippen molar-refractivity contribution < 1.29 is 4.79 Å². The molecule has 0 radical (unpaired) electrons. The molecule has 0 saturated carbocycles. The molecule has 134 valence electrons. The predicted molar refractivity (Wildman–Crippen MR) is 96.7 cm³/mol. The molecule has 3 N–H and O–H groups in total. The summed E-state index contributed by atoms with van der Waals surface area (Å²) in [5.41, 5.74) is -0.462. The second kappa shape index (κ2) is 9.75. The third kappa shape index (κ3) is 6.77. The Morgan fingerprint density at radius 1 is 1.30 bits per heavy atom. The largest absolute Gasteiger partial charge is 0.359 e. The van der Waals surface area contributed by atoms with Crippen molar-refractivity contribution in [1.29, 1.82) is 0 Å². The number of carbonyl (C=O) groups is 1. The lowest BCUT2D eigenvalue weighted by atomic mass is 9.92. The second-order valence-electron chi connectivity index (χ2n) is 7.00. The standard InChI is InChI=1S/C17H35N5O/c1-6-7-10-22-11-8-14(9-12-22)21-16(19-5)20-13-17(2,3)15(23)18-4/h14H,6-13H2,1-5H3,(H,18,23)(H2,19,20,21). The molecule has 1 fully saturated rings. The summed E-state index contributed by atoms with van der Waals surface area (Å²) >= 11 is 0. The predicted octanol–water partition coefficient (Wildman–Crippen LogP) is 1.19. The molecule has 1 rings (SSSR count). The second-order valence-corrected chi connectivity index (χ2v) is 7.00. The summed E-state index contributed by atoms with van der Waals surface area (Å²) in [4.78, 5) is 18.7. The SMILES string of the molecule is CCCCN1CCC(NC(=NC)NCC(C)(C)C(=O)NC)CC1. The fraction of sp³-hybridized carbons (Fsp3) is 0.882. The smallest absolute Gasteiger partial charge is 0.227 e. The molecule has 0 aromatic heterocycles. The van der Waals surface area contributed by atoms with Crippen LogP contribution in [0.2, 0.25) is 0 Å². The number of likely N-dealkylation sites (tertiary alicyclic amines) is 1. The van der Waals surface area contributed by atoms with E-state index in [1.54, 1.807) is 14.1 Å². The van der Waals surface area contributed by atoms with E-state index in [1.165, 1.54) is 19.4 Å². The van der Waals surface area contributed by atoms with Gasteiger partial charge in [-0.1, -0.05) is 13.3 Å². The molecule has 0 atom stereocenters. The van der Waals surface area contributed by atoms with Crippen LogP contribution in [0.1, 0.15) is 46.5 Å². The first kappa shape index (κ1) is 19.7. The highest BCUT2D eigenvalue weighted by atomic mass is 16.2. The molecule has 1 aliphatic rings. The summed E-state index contributed by atoms with van der Waals surface area (Å²) in [7, 11) is 3.45. The summed E-state index contributed by atoms with van der Waals surface area (Å²) in [6.07, 6.45) is 4.83. The molecule has 1 saturated heterocycles. The number of carbonyl (C=O) groups excluding carboxylic acids is 1. The summed E-state index contributed by atoms with van der Waals surface area (Å²) in [6.45, 7) is 10.2. The molecule has 0 aromatic rings. The van der Waals surface area contributed by atoms with Crippen LogP contribution >= 0.6 is 0 Å². The van der Waals surface area contributed by atoms with Crippen molar-refractivity contribution in [3.8, 4) is 0 Å². The van der Waals surface area contributed by atoms with Gasteiger partial charge in [0.25, 0.3) is 0 Å². The quantitative estimate of drug-likeness (QED) is 0.486. The van der Waals surface area contributed by atoms with Gasteiger partial charge >= 0.3 is 0 Å². The molecule has 1 heterocycles. The van der Waals surface area contributed by atoms with E-state index in [2.05, 4.69) is 32.8 Å². The average molecular weight is 326 g/mol. The van der Waals surface area contributed by atoms with E-state index in [-0.39, 0.29) is 5.91 Å². The van der Waals surface area contributed by atoms with Crippen molar-refractivity contribution in [3.05, 3.63) is 0 Å². The zero-order valence-electron chi connectivity index (χ0n) is 15.5. The van der Waals surface area contributed by atoms with E-state index in [4.69, 9.17) is 0 Å². The number of amides is 1. The summed E-state index contributed by atoms with van der Waals surface area (Å²) in [6, 6.07) is 0.460. The number of hydrogen-bond acceptors (Lipinski definition) is 3. The van der Waals surface area contributed by atoms with Gasteiger partial charge in [0, 0.05) is 39.8 Å². The lowest BCUT2D eigenvalue weighted by molar-refractivity contribution is -0.128. The Morgan fingerprint density at radius 3 is 2.48 bits per heavy atom. The number of rotatable bonds is 7. The maximum Gasteiger partial charge on any atom is 0.227 e. The van der Waals surface area contributed by atoms with Gasteiger partial charge in [-0.05, 0) is 39.7 Å². The van der Waals surface area contributed by atoms with Gasteiger partial charge in [0.1, 0.15) is 0 Å². The number of nitrogens with zero attached hydrogens (tertiary/aromatic N) is 2. The van der Waals surface area contributed by atoms with Crippen LogP contribution < -0.4 is 16.0 Å². The van der Waals surface area contributed by atoms with Gasteiger partial charge < -0.3 is 20.9 Å². The topological polar surface area (TPSA) is 68.8 Å². The number of guanidine groups is 1. The van der Waals surface area contributed by atoms with Crippen molar-refractivity contribution in [2.75, 3.05) is 40.3 Å². The Bertz CT molecular complexity index is 386. The van der Waals surface area contributed by atoms with Crippen LogP contribution in [0.3, 0.4) is 0 Å². The first-order valence-corrected chi connectivity index (χ1v) is 8.84. The molecular formula is C17H35N5O. The zero-order valence-corrected chi connectivity index (χ0v) is 15.5. The van der Waals surface area contributed by atoms with E-state index >= 15 is 0 Å². The molecule has 1 amide bonds. The molecule has 0 bridgehead atoms. The van der Waals surface area contributed by atoms with Crippen LogP contribution in [-0.4, -0.2) is 63.1 Å². The van der Waals surface area contributed by atoms with Gasteiger partial charge in [0.05, 0.1) is 5.41 Å². The van der Waals surface area contributed by atoms with E-state index in [0.29, 0.717) is 12.6 Å².